The molecule has 3 aromatic heterocycles. The van der Waals surface area contributed by atoms with Gasteiger partial charge in [-0.25, -0.2) is 4.98 Å². The molecule has 1 saturated heterocycles. The van der Waals surface area contributed by atoms with E-state index < -0.39 is 0 Å². The molecule has 9 heteroatoms. The van der Waals surface area contributed by atoms with Gasteiger partial charge in [0.05, 0.1) is 30.5 Å². The fourth-order valence-electron chi connectivity index (χ4n) is 5.35. The van der Waals surface area contributed by atoms with Gasteiger partial charge in [-0.05, 0) is 50.5 Å². The average Bonchev–Trinajstić information content (AvgIpc) is 3.51. The summed E-state index contributed by atoms with van der Waals surface area (Å²) in [7, 11) is 1.90. The minimum Gasteiger partial charge on any atom is -0.474 e. The van der Waals surface area contributed by atoms with Crippen molar-refractivity contribution in [2.75, 3.05) is 31.6 Å². The van der Waals surface area contributed by atoms with Crippen LogP contribution in [0.25, 0.3) is 10.2 Å². The van der Waals surface area contributed by atoms with Gasteiger partial charge in [-0.15, -0.1) is 11.3 Å². The van der Waals surface area contributed by atoms with Crippen molar-refractivity contribution >= 4 is 33.2 Å². The zero-order chi connectivity index (χ0) is 21.5. The first-order valence-electron chi connectivity index (χ1n) is 11.8. The standard InChI is InChI=1S/C23H30N6O2S/c1-28-14-15(13-24-28)25-23-26-21(20-18-3-2-4-19(18)32-22(20)27-23)31-17-7-5-16(6-8-17)29-9-11-30-12-10-29/h13-14,16-17H,2-12H2,1H3,(H,25,26,27)/t16-,17-. The molecule has 0 amide bonds. The van der Waals surface area contributed by atoms with Crippen LogP contribution >= 0.6 is 11.3 Å². The fraction of sp³-hybridized carbons (Fsp3) is 0.609. The zero-order valence-corrected chi connectivity index (χ0v) is 19.4. The molecule has 3 aromatic rings. The van der Waals surface area contributed by atoms with E-state index in [0.717, 1.165) is 73.8 Å². The average molecular weight is 455 g/mol. The number of thiophene rings is 1. The molecule has 4 heterocycles. The lowest BCUT2D eigenvalue weighted by Gasteiger charge is -2.38. The molecule has 1 N–H and O–H groups in total. The summed E-state index contributed by atoms with van der Waals surface area (Å²) >= 11 is 1.80. The molecule has 2 aliphatic carbocycles. The quantitative estimate of drug-likeness (QED) is 0.630. The Morgan fingerprint density at radius 2 is 1.97 bits per heavy atom. The number of rotatable bonds is 5. The molecule has 170 valence electrons. The minimum atomic E-state index is 0.216. The number of anilines is 2. The van der Waals surface area contributed by atoms with Gasteiger partial charge in [-0.3, -0.25) is 9.58 Å². The van der Waals surface area contributed by atoms with Crippen LogP contribution in [0.4, 0.5) is 11.6 Å². The third-order valence-corrected chi connectivity index (χ3v) is 8.16. The summed E-state index contributed by atoms with van der Waals surface area (Å²) in [6, 6.07) is 0.664. The molecule has 2 fully saturated rings. The maximum Gasteiger partial charge on any atom is 0.232 e. The van der Waals surface area contributed by atoms with E-state index in [9.17, 15) is 0 Å². The van der Waals surface area contributed by atoms with E-state index in [1.807, 2.05) is 13.2 Å². The predicted octanol–water partition coefficient (Wildman–Crippen LogP) is 3.68. The molecule has 0 aromatic carbocycles. The molecule has 1 saturated carbocycles. The van der Waals surface area contributed by atoms with Crippen molar-refractivity contribution < 1.29 is 9.47 Å². The second-order valence-electron chi connectivity index (χ2n) is 9.11. The lowest BCUT2D eigenvalue weighted by atomic mass is 9.91. The second kappa shape index (κ2) is 8.61. The first-order chi connectivity index (χ1) is 15.7. The molecular formula is C23H30N6O2S. The normalized spacial score (nSPS) is 24.0. The Labute approximate surface area is 191 Å². The molecule has 0 bridgehead atoms. The number of aromatic nitrogens is 4. The van der Waals surface area contributed by atoms with Gasteiger partial charge in [-0.1, -0.05) is 0 Å². The Bertz CT molecular complexity index is 1100. The van der Waals surface area contributed by atoms with E-state index >= 15 is 0 Å². The van der Waals surface area contributed by atoms with E-state index in [-0.39, 0.29) is 6.10 Å². The Hall–Kier alpha value is -2.23. The number of fused-ring (bicyclic) bond motifs is 3. The lowest BCUT2D eigenvalue weighted by molar-refractivity contribution is -0.00124. The summed E-state index contributed by atoms with van der Waals surface area (Å²) in [5, 5.41) is 8.70. The van der Waals surface area contributed by atoms with Crippen molar-refractivity contribution in [2.45, 2.75) is 57.1 Å². The highest BCUT2D eigenvalue weighted by Crippen LogP contribution is 2.42. The van der Waals surface area contributed by atoms with E-state index in [1.54, 1.807) is 22.2 Å². The van der Waals surface area contributed by atoms with E-state index in [1.165, 1.54) is 29.7 Å². The van der Waals surface area contributed by atoms with Crippen LogP contribution in [0.15, 0.2) is 12.4 Å². The summed E-state index contributed by atoms with van der Waals surface area (Å²) in [4.78, 5) is 14.8. The fourth-order valence-corrected chi connectivity index (χ4v) is 6.60. The van der Waals surface area contributed by atoms with Gasteiger partial charge < -0.3 is 14.8 Å². The maximum atomic E-state index is 6.62. The lowest BCUT2D eigenvalue weighted by Crippen LogP contribution is -2.46. The number of aryl methyl sites for hydroxylation is 3. The summed E-state index contributed by atoms with van der Waals surface area (Å²) < 4.78 is 13.9. The number of nitrogens with one attached hydrogen (secondary N) is 1. The van der Waals surface area contributed by atoms with Crippen molar-refractivity contribution in [1.29, 1.82) is 0 Å². The third-order valence-electron chi connectivity index (χ3n) is 6.98. The second-order valence-corrected chi connectivity index (χ2v) is 10.2. The molecule has 6 rings (SSSR count). The Balaban J connectivity index is 1.23. The van der Waals surface area contributed by atoms with Crippen molar-refractivity contribution in [3.05, 3.63) is 22.8 Å². The van der Waals surface area contributed by atoms with Gasteiger partial charge in [0.1, 0.15) is 10.9 Å². The number of nitrogens with zero attached hydrogens (tertiary/aromatic N) is 5. The molecule has 8 nitrogen and oxygen atoms in total. The van der Waals surface area contributed by atoms with Crippen molar-refractivity contribution in [3.8, 4) is 5.88 Å². The smallest absolute Gasteiger partial charge is 0.232 e. The number of hydrogen-bond donors (Lipinski definition) is 1. The van der Waals surface area contributed by atoms with Crippen molar-refractivity contribution in [3.63, 3.8) is 0 Å². The molecule has 0 unspecified atom stereocenters. The summed E-state index contributed by atoms with van der Waals surface area (Å²) in [6.45, 7) is 3.86. The Morgan fingerprint density at radius 3 is 2.75 bits per heavy atom. The number of morpholine rings is 1. The van der Waals surface area contributed by atoms with E-state index in [4.69, 9.17) is 19.4 Å². The molecule has 3 aliphatic rings. The van der Waals surface area contributed by atoms with Crippen LogP contribution in [-0.4, -0.2) is 63.1 Å². The van der Waals surface area contributed by atoms with Crippen molar-refractivity contribution in [1.82, 2.24) is 24.6 Å². The topological polar surface area (TPSA) is 77.3 Å². The third kappa shape index (κ3) is 3.97. The SMILES string of the molecule is Cn1cc(Nc2nc(O[C@H]3CC[C@H](N4CCOCC4)CC3)c3c4c(sc3n2)CCC4)cn1. The van der Waals surface area contributed by atoms with Crippen LogP contribution in [0.3, 0.4) is 0 Å². The van der Waals surface area contributed by atoms with Gasteiger partial charge >= 0.3 is 0 Å². The summed E-state index contributed by atoms with van der Waals surface area (Å²) in [6.07, 6.45) is 11.9. The Kier molecular flexibility index (Phi) is 5.48. The summed E-state index contributed by atoms with van der Waals surface area (Å²) in [5.74, 6) is 1.35. The van der Waals surface area contributed by atoms with Crippen LogP contribution in [-0.2, 0) is 24.6 Å². The molecule has 0 radical (unpaired) electrons. The van der Waals surface area contributed by atoms with Crippen LogP contribution in [0, 0.1) is 0 Å². The minimum absolute atomic E-state index is 0.216. The van der Waals surface area contributed by atoms with Gasteiger partial charge in [0.15, 0.2) is 0 Å². The Morgan fingerprint density at radius 1 is 1.12 bits per heavy atom. The van der Waals surface area contributed by atoms with Gasteiger partial charge in [0, 0.05) is 37.3 Å². The highest BCUT2D eigenvalue weighted by molar-refractivity contribution is 7.19. The monoisotopic (exact) mass is 454 g/mol. The molecule has 1 aliphatic heterocycles. The van der Waals surface area contributed by atoms with Gasteiger partial charge in [0.25, 0.3) is 0 Å². The molecule has 0 spiro atoms. The van der Waals surface area contributed by atoms with E-state index in [2.05, 4.69) is 15.3 Å². The van der Waals surface area contributed by atoms with Crippen LogP contribution in [0.1, 0.15) is 42.5 Å². The molecular weight excluding hydrogens is 424 g/mol. The largest absolute Gasteiger partial charge is 0.474 e. The van der Waals surface area contributed by atoms with Crippen molar-refractivity contribution in [2.24, 2.45) is 7.05 Å². The van der Waals surface area contributed by atoms with Crippen LogP contribution in [0.5, 0.6) is 5.88 Å². The van der Waals surface area contributed by atoms with Crippen LogP contribution in [0.2, 0.25) is 0 Å². The highest BCUT2D eigenvalue weighted by Gasteiger charge is 2.30. The number of ether oxygens (including phenoxy) is 2. The number of hydrogen-bond acceptors (Lipinski definition) is 8. The van der Waals surface area contributed by atoms with Crippen LogP contribution < -0.4 is 10.1 Å². The summed E-state index contributed by atoms with van der Waals surface area (Å²) in [5.41, 5.74) is 2.29. The maximum absolute atomic E-state index is 6.62. The van der Waals surface area contributed by atoms with Gasteiger partial charge in [0.2, 0.25) is 11.8 Å². The zero-order valence-electron chi connectivity index (χ0n) is 18.5. The first kappa shape index (κ1) is 20.4. The molecule has 32 heavy (non-hydrogen) atoms. The first-order valence-corrected chi connectivity index (χ1v) is 12.6. The van der Waals surface area contributed by atoms with Gasteiger partial charge in [-0.2, -0.15) is 10.1 Å². The predicted molar refractivity (Wildman–Crippen MR) is 125 cm³/mol. The van der Waals surface area contributed by atoms with E-state index in [0.29, 0.717) is 12.0 Å². The highest BCUT2D eigenvalue weighted by atomic mass is 32.1. The molecule has 0 atom stereocenters.